The summed E-state index contributed by atoms with van der Waals surface area (Å²) in [6.45, 7) is 0. The standard InChI is InChI=1S/C11H6F6N2O4/c12-10(13,14)8(22)18-5-2-1-4(7(20)21)3-6(5)19-9(23)11(15,16)17/h1-3H,(H,18,22)(H,19,23)(H,20,21)/p-1. The van der Waals surface area contributed by atoms with E-state index in [1.54, 1.807) is 0 Å². The van der Waals surface area contributed by atoms with Crippen LogP contribution in [0.3, 0.4) is 0 Å². The van der Waals surface area contributed by atoms with Crippen LogP contribution < -0.4 is 15.7 Å². The second-order valence-electron chi connectivity index (χ2n) is 3.95. The van der Waals surface area contributed by atoms with Gasteiger partial charge >= 0.3 is 24.2 Å². The third-order valence-electron chi connectivity index (χ3n) is 2.27. The Kier molecular flexibility index (Phi) is 4.87. The van der Waals surface area contributed by atoms with Gasteiger partial charge in [0.1, 0.15) is 0 Å². The van der Waals surface area contributed by atoms with Crippen molar-refractivity contribution in [3.63, 3.8) is 0 Å². The van der Waals surface area contributed by atoms with Crippen molar-refractivity contribution in [2.75, 3.05) is 10.6 Å². The summed E-state index contributed by atoms with van der Waals surface area (Å²) >= 11 is 0. The maximum Gasteiger partial charge on any atom is 0.471 e. The van der Waals surface area contributed by atoms with E-state index in [0.29, 0.717) is 18.2 Å². The molecular weight excluding hydrogens is 338 g/mol. The molecule has 0 aliphatic rings. The Morgan fingerprint density at radius 2 is 1.26 bits per heavy atom. The third-order valence-corrected chi connectivity index (χ3v) is 2.27. The van der Waals surface area contributed by atoms with Gasteiger partial charge in [-0.25, -0.2) is 0 Å². The number of amides is 2. The highest BCUT2D eigenvalue weighted by molar-refractivity contribution is 6.04. The molecule has 1 rings (SSSR count). The van der Waals surface area contributed by atoms with Gasteiger partial charge in [0.2, 0.25) is 0 Å². The van der Waals surface area contributed by atoms with Gasteiger partial charge in [0.05, 0.1) is 17.3 Å². The average Bonchev–Trinajstić information content (AvgIpc) is 2.37. The first-order valence-corrected chi connectivity index (χ1v) is 5.44. The van der Waals surface area contributed by atoms with E-state index in [1.807, 2.05) is 0 Å². The largest absolute Gasteiger partial charge is 0.545 e. The Labute approximate surface area is 123 Å². The minimum absolute atomic E-state index is 0.408. The van der Waals surface area contributed by atoms with Crippen molar-refractivity contribution in [2.24, 2.45) is 0 Å². The van der Waals surface area contributed by atoms with E-state index >= 15 is 0 Å². The van der Waals surface area contributed by atoms with Crippen LogP contribution in [0.2, 0.25) is 0 Å². The summed E-state index contributed by atoms with van der Waals surface area (Å²) in [4.78, 5) is 32.2. The molecule has 0 unspecified atom stereocenters. The Hall–Kier alpha value is -2.79. The van der Waals surface area contributed by atoms with E-state index in [9.17, 15) is 45.8 Å². The number of alkyl halides is 6. The number of rotatable bonds is 3. The van der Waals surface area contributed by atoms with Gasteiger partial charge < -0.3 is 20.5 Å². The molecule has 0 saturated heterocycles. The number of carbonyl (C=O) groups excluding carboxylic acids is 3. The van der Waals surface area contributed by atoms with Gasteiger partial charge in [-0.05, 0) is 17.7 Å². The molecule has 1 aromatic carbocycles. The predicted molar refractivity (Wildman–Crippen MR) is 60.1 cm³/mol. The summed E-state index contributed by atoms with van der Waals surface area (Å²) < 4.78 is 72.9. The Balaban J connectivity index is 3.22. The molecule has 0 radical (unpaired) electrons. The first-order chi connectivity index (χ1) is 10.3. The van der Waals surface area contributed by atoms with Crippen LogP contribution in [0, 0.1) is 0 Å². The van der Waals surface area contributed by atoms with Gasteiger partial charge in [0, 0.05) is 0 Å². The van der Waals surface area contributed by atoms with Crippen molar-refractivity contribution in [2.45, 2.75) is 12.4 Å². The highest BCUT2D eigenvalue weighted by Gasteiger charge is 2.41. The van der Waals surface area contributed by atoms with Crippen molar-refractivity contribution in [3.8, 4) is 0 Å². The lowest BCUT2D eigenvalue weighted by molar-refractivity contribution is -0.255. The van der Waals surface area contributed by atoms with Crippen LogP contribution in [0.4, 0.5) is 37.7 Å². The lowest BCUT2D eigenvalue weighted by atomic mass is 10.1. The quantitative estimate of drug-likeness (QED) is 0.802. The zero-order valence-corrected chi connectivity index (χ0v) is 10.6. The number of halogens is 6. The highest BCUT2D eigenvalue weighted by Crippen LogP contribution is 2.28. The fourth-order valence-electron chi connectivity index (χ4n) is 1.27. The molecule has 2 amide bonds. The fraction of sp³-hybridized carbons (Fsp3) is 0.182. The zero-order chi connectivity index (χ0) is 18.0. The molecule has 0 bridgehead atoms. The van der Waals surface area contributed by atoms with E-state index in [0.717, 1.165) is 0 Å². The van der Waals surface area contributed by atoms with Gasteiger partial charge in [-0.1, -0.05) is 6.07 Å². The minimum atomic E-state index is -5.39. The normalized spacial score (nSPS) is 11.7. The van der Waals surface area contributed by atoms with Crippen molar-refractivity contribution >= 4 is 29.2 Å². The van der Waals surface area contributed by atoms with Crippen LogP contribution in [0.15, 0.2) is 18.2 Å². The third kappa shape index (κ3) is 4.86. The van der Waals surface area contributed by atoms with Crippen molar-refractivity contribution in [1.29, 1.82) is 0 Å². The number of carboxylic acid groups (broad SMARTS) is 1. The lowest BCUT2D eigenvalue weighted by Crippen LogP contribution is -2.33. The predicted octanol–water partition coefficient (Wildman–Crippen LogP) is 1.05. The summed E-state index contributed by atoms with van der Waals surface area (Å²) in [7, 11) is 0. The van der Waals surface area contributed by atoms with E-state index in [1.165, 1.54) is 10.6 Å². The highest BCUT2D eigenvalue weighted by atomic mass is 19.4. The molecule has 0 heterocycles. The first-order valence-electron chi connectivity index (χ1n) is 5.44. The number of nitrogens with one attached hydrogen (secondary N) is 2. The fourth-order valence-corrected chi connectivity index (χ4v) is 1.27. The van der Waals surface area contributed by atoms with Gasteiger partial charge in [0.25, 0.3) is 0 Å². The van der Waals surface area contributed by atoms with E-state index < -0.39 is 47.1 Å². The topological polar surface area (TPSA) is 98.3 Å². The SMILES string of the molecule is O=C([O-])c1ccc(NC(=O)C(F)(F)F)c(NC(=O)C(F)(F)F)c1. The van der Waals surface area contributed by atoms with Gasteiger partial charge in [0.15, 0.2) is 0 Å². The lowest BCUT2D eigenvalue weighted by Gasteiger charge is -2.16. The molecule has 0 saturated carbocycles. The van der Waals surface area contributed by atoms with Crippen LogP contribution in [0.25, 0.3) is 0 Å². The molecule has 0 aliphatic heterocycles. The second kappa shape index (κ2) is 6.14. The zero-order valence-electron chi connectivity index (χ0n) is 10.6. The number of hydrogen-bond acceptors (Lipinski definition) is 4. The van der Waals surface area contributed by atoms with Crippen LogP contribution in [0.5, 0.6) is 0 Å². The molecule has 0 aromatic heterocycles. The number of hydrogen-bond donors (Lipinski definition) is 2. The van der Waals surface area contributed by atoms with Gasteiger partial charge in [-0.15, -0.1) is 0 Å². The molecule has 0 atom stereocenters. The summed E-state index contributed by atoms with van der Waals surface area (Å²) in [5, 5.41) is 13.0. The Morgan fingerprint density at radius 1 is 0.826 bits per heavy atom. The molecular formula is C11H5F6N2O4-. The van der Waals surface area contributed by atoms with E-state index in [4.69, 9.17) is 0 Å². The van der Waals surface area contributed by atoms with Crippen molar-refractivity contribution < 1.29 is 45.8 Å². The molecule has 2 N–H and O–H groups in total. The van der Waals surface area contributed by atoms with Crippen molar-refractivity contribution in [3.05, 3.63) is 23.8 Å². The molecule has 126 valence electrons. The summed E-state index contributed by atoms with van der Waals surface area (Å²) in [5.74, 6) is -6.96. The molecule has 12 heteroatoms. The maximum absolute atomic E-state index is 12.2. The second-order valence-corrected chi connectivity index (χ2v) is 3.95. The Bertz CT molecular complexity index is 653. The Morgan fingerprint density at radius 3 is 1.65 bits per heavy atom. The molecule has 23 heavy (non-hydrogen) atoms. The summed E-state index contributed by atoms with van der Waals surface area (Å²) in [5.41, 5.74) is -2.60. The number of carboxylic acids is 1. The van der Waals surface area contributed by atoms with Crippen molar-refractivity contribution in [1.82, 2.24) is 0 Å². The summed E-state index contributed by atoms with van der Waals surface area (Å²) in [6.07, 6.45) is -10.7. The molecule has 0 aliphatic carbocycles. The minimum Gasteiger partial charge on any atom is -0.545 e. The van der Waals surface area contributed by atoms with Gasteiger partial charge in [-0.3, -0.25) is 9.59 Å². The maximum atomic E-state index is 12.2. The smallest absolute Gasteiger partial charge is 0.471 e. The van der Waals surface area contributed by atoms with Crippen LogP contribution in [-0.2, 0) is 9.59 Å². The number of benzene rings is 1. The van der Waals surface area contributed by atoms with Crippen LogP contribution >= 0.6 is 0 Å². The monoisotopic (exact) mass is 343 g/mol. The average molecular weight is 343 g/mol. The van der Waals surface area contributed by atoms with E-state index in [2.05, 4.69) is 0 Å². The molecule has 0 fully saturated rings. The van der Waals surface area contributed by atoms with Crippen LogP contribution in [-0.4, -0.2) is 30.1 Å². The molecule has 1 aromatic rings. The number of anilines is 2. The molecule has 6 nitrogen and oxygen atoms in total. The van der Waals surface area contributed by atoms with Crippen LogP contribution in [0.1, 0.15) is 10.4 Å². The number of aromatic carboxylic acids is 1. The summed E-state index contributed by atoms with van der Waals surface area (Å²) in [6, 6.07) is 1.65. The molecule has 0 spiro atoms. The van der Waals surface area contributed by atoms with Gasteiger partial charge in [-0.2, -0.15) is 26.3 Å². The van der Waals surface area contributed by atoms with E-state index in [-0.39, 0.29) is 0 Å². The first kappa shape index (κ1) is 18.3. The number of carbonyl (C=O) groups is 3.